The number of aromatic nitrogens is 1. The molecule has 3 rings (SSSR count). The molecule has 2 aromatic carbocycles. The number of benzene rings is 2. The van der Waals surface area contributed by atoms with Crippen molar-refractivity contribution >= 4 is 16.7 Å². The molecule has 0 radical (unpaired) electrons. The molecule has 0 aliphatic heterocycles. The van der Waals surface area contributed by atoms with Crippen molar-refractivity contribution in [1.82, 2.24) is 4.57 Å². The van der Waals surface area contributed by atoms with Crippen molar-refractivity contribution in [3.05, 3.63) is 71.9 Å². The lowest BCUT2D eigenvalue weighted by atomic mass is 10.1. The highest BCUT2D eigenvalue weighted by Crippen LogP contribution is 2.20. The zero-order valence-electron chi connectivity index (χ0n) is 11.6. The van der Waals surface area contributed by atoms with E-state index < -0.39 is 0 Å². The van der Waals surface area contributed by atoms with Crippen molar-refractivity contribution in [1.29, 1.82) is 0 Å². The average Bonchev–Trinajstić information content (AvgIpc) is 2.96. The summed E-state index contributed by atoms with van der Waals surface area (Å²) in [5.74, 6) is 0.140. The Morgan fingerprint density at radius 1 is 1.05 bits per heavy atom. The van der Waals surface area contributed by atoms with Crippen LogP contribution in [0.25, 0.3) is 10.9 Å². The van der Waals surface area contributed by atoms with Crippen LogP contribution in [0.1, 0.15) is 11.1 Å². The summed E-state index contributed by atoms with van der Waals surface area (Å²) in [5, 5.41) is 13.0. The van der Waals surface area contributed by atoms with E-state index in [4.69, 9.17) is 10.9 Å². The number of oxime groups is 1. The maximum atomic E-state index is 8.86. The number of nitrogens with zero attached hydrogens (tertiary/aromatic N) is 2. The first-order valence-electron chi connectivity index (χ1n) is 6.89. The average molecular weight is 279 g/mol. The van der Waals surface area contributed by atoms with Crippen LogP contribution in [-0.4, -0.2) is 15.6 Å². The maximum Gasteiger partial charge on any atom is 0.170 e. The molecular formula is C17H17N3O. The van der Waals surface area contributed by atoms with E-state index in [0.29, 0.717) is 0 Å². The number of nitrogens with two attached hydrogens (primary N) is 1. The van der Waals surface area contributed by atoms with Gasteiger partial charge in [0.15, 0.2) is 5.84 Å². The zero-order valence-corrected chi connectivity index (χ0v) is 11.6. The summed E-state index contributed by atoms with van der Waals surface area (Å²) in [5.41, 5.74) is 8.89. The van der Waals surface area contributed by atoms with Gasteiger partial charge in [-0.2, -0.15) is 0 Å². The Labute approximate surface area is 123 Å². The highest BCUT2D eigenvalue weighted by Gasteiger charge is 2.08. The molecule has 0 saturated heterocycles. The van der Waals surface area contributed by atoms with Gasteiger partial charge in [0.25, 0.3) is 0 Å². The third-order valence-corrected chi connectivity index (χ3v) is 3.68. The molecule has 0 atom stereocenters. The maximum absolute atomic E-state index is 8.86. The van der Waals surface area contributed by atoms with Crippen LogP contribution < -0.4 is 5.73 Å². The van der Waals surface area contributed by atoms with Crippen molar-refractivity contribution in [2.75, 3.05) is 0 Å². The first-order chi connectivity index (χ1) is 10.3. The van der Waals surface area contributed by atoms with Gasteiger partial charge in [-0.25, -0.2) is 0 Å². The van der Waals surface area contributed by atoms with Gasteiger partial charge in [0.2, 0.25) is 0 Å². The fourth-order valence-electron chi connectivity index (χ4n) is 2.59. The standard InChI is InChI=1S/C17H17N3O/c18-17(19-21)15-7-4-8-16-14(15)10-12-20(16)11-9-13-5-2-1-3-6-13/h1-8,10,12,21H,9,11H2,(H2,18,19). The molecule has 1 heterocycles. The van der Waals surface area contributed by atoms with Gasteiger partial charge in [-0.05, 0) is 24.1 Å². The van der Waals surface area contributed by atoms with Gasteiger partial charge in [-0.15, -0.1) is 0 Å². The molecule has 3 aromatic rings. The van der Waals surface area contributed by atoms with E-state index in [-0.39, 0.29) is 5.84 Å². The molecule has 1 aromatic heterocycles. The van der Waals surface area contributed by atoms with Crippen molar-refractivity contribution in [2.24, 2.45) is 10.9 Å². The fraction of sp³-hybridized carbons (Fsp3) is 0.118. The Morgan fingerprint density at radius 2 is 1.86 bits per heavy atom. The number of aryl methyl sites for hydroxylation is 2. The van der Waals surface area contributed by atoms with Crippen molar-refractivity contribution in [3.8, 4) is 0 Å². The largest absolute Gasteiger partial charge is 0.409 e. The van der Waals surface area contributed by atoms with Gasteiger partial charge < -0.3 is 15.5 Å². The summed E-state index contributed by atoms with van der Waals surface area (Å²) in [4.78, 5) is 0. The van der Waals surface area contributed by atoms with Crippen LogP contribution in [0.4, 0.5) is 0 Å². The van der Waals surface area contributed by atoms with Gasteiger partial charge in [0.1, 0.15) is 0 Å². The number of amidine groups is 1. The molecule has 0 amide bonds. The monoisotopic (exact) mass is 279 g/mol. The molecular weight excluding hydrogens is 262 g/mol. The minimum Gasteiger partial charge on any atom is -0.409 e. The summed E-state index contributed by atoms with van der Waals surface area (Å²) in [6.07, 6.45) is 3.01. The predicted octanol–water partition coefficient (Wildman–Crippen LogP) is 2.98. The molecule has 0 saturated carbocycles. The lowest BCUT2D eigenvalue weighted by molar-refractivity contribution is 0.318. The quantitative estimate of drug-likeness (QED) is 0.334. The third-order valence-electron chi connectivity index (χ3n) is 3.68. The summed E-state index contributed by atoms with van der Waals surface area (Å²) >= 11 is 0. The molecule has 0 aliphatic carbocycles. The molecule has 3 N–H and O–H groups in total. The SMILES string of the molecule is N/C(=N/O)c1cccc2c1ccn2CCc1ccccc1. The number of fused-ring (bicyclic) bond motifs is 1. The minimum atomic E-state index is 0.140. The van der Waals surface area contributed by atoms with Crippen molar-refractivity contribution < 1.29 is 5.21 Å². The predicted molar refractivity (Wildman–Crippen MR) is 84.6 cm³/mol. The van der Waals surface area contributed by atoms with Crippen LogP contribution >= 0.6 is 0 Å². The molecule has 0 bridgehead atoms. The molecule has 4 nitrogen and oxygen atoms in total. The zero-order chi connectivity index (χ0) is 14.7. The number of rotatable bonds is 4. The Morgan fingerprint density at radius 3 is 2.62 bits per heavy atom. The van der Waals surface area contributed by atoms with E-state index in [2.05, 4.69) is 40.1 Å². The number of hydrogen-bond donors (Lipinski definition) is 2. The van der Waals surface area contributed by atoms with Crippen LogP contribution in [0.2, 0.25) is 0 Å². The summed E-state index contributed by atoms with van der Waals surface area (Å²) < 4.78 is 2.19. The highest BCUT2D eigenvalue weighted by atomic mass is 16.4. The van der Waals surface area contributed by atoms with E-state index in [1.54, 1.807) is 0 Å². The highest BCUT2D eigenvalue weighted by molar-refractivity contribution is 6.08. The second kappa shape index (κ2) is 5.71. The van der Waals surface area contributed by atoms with E-state index in [9.17, 15) is 0 Å². The Bertz CT molecular complexity index is 775. The van der Waals surface area contributed by atoms with E-state index >= 15 is 0 Å². The first-order valence-corrected chi connectivity index (χ1v) is 6.89. The van der Waals surface area contributed by atoms with Gasteiger partial charge in [-0.3, -0.25) is 0 Å². The fourth-order valence-corrected chi connectivity index (χ4v) is 2.59. The summed E-state index contributed by atoms with van der Waals surface area (Å²) in [7, 11) is 0. The number of hydrogen-bond acceptors (Lipinski definition) is 2. The Kier molecular flexibility index (Phi) is 3.60. The molecule has 21 heavy (non-hydrogen) atoms. The van der Waals surface area contributed by atoms with E-state index in [1.807, 2.05) is 30.5 Å². The normalized spacial score (nSPS) is 11.9. The van der Waals surface area contributed by atoms with Crippen LogP contribution in [0, 0.1) is 0 Å². The van der Waals surface area contributed by atoms with Crippen molar-refractivity contribution in [2.45, 2.75) is 13.0 Å². The first kappa shape index (κ1) is 13.2. The molecule has 106 valence electrons. The Hall–Kier alpha value is -2.75. The molecule has 0 fully saturated rings. The minimum absolute atomic E-state index is 0.140. The topological polar surface area (TPSA) is 63.5 Å². The third kappa shape index (κ3) is 2.60. The molecule has 0 unspecified atom stereocenters. The lowest BCUT2D eigenvalue weighted by Gasteiger charge is -2.07. The van der Waals surface area contributed by atoms with Crippen LogP contribution in [0.3, 0.4) is 0 Å². The van der Waals surface area contributed by atoms with Gasteiger partial charge in [-0.1, -0.05) is 47.6 Å². The van der Waals surface area contributed by atoms with Gasteiger partial charge >= 0.3 is 0 Å². The molecule has 0 spiro atoms. The smallest absolute Gasteiger partial charge is 0.170 e. The summed E-state index contributed by atoms with van der Waals surface area (Å²) in [6, 6.07) is 18.2. The van der Waals surface area contributed by atoms with E-state index in [1.165, 1.54) is 5.56 Å². The molecule has 0 aliphatic rings. The van der Waals surface area contributed by atoms with Crippen LogP contribution in [-0.2, 0) is 13.0 Å². The second-order valence-electron chi connectivity index (χ2n) is 4.97. The van der Waals surface area contributed by atoms with E-state index in [0.717, 1.165) is 29.4 Å². The Balaban J connectivity index is 1.91. The van der Waals surface area contributed by atoms with Gasteiger partial charge in [0, 0.05) is 29.2 Å². The second-order valence-corrected chi connectivity index (χ2v) is 4.97. The lowest BCUT2D eigenvalue weighted by Crippen LogP contribution is -2.13. The van der Waals surface area contributed by atoms with Crippen molar-refractivity contribution in [3.63, 3.8) is 0 Å². The summed E-state index contributed by atoms with van der Waals surface area (Å²) in [6.45, 7) is 0.896. The van der Waals surface area contributed by atoms with Crippen LogP contribution in [0.5, 0.6) is 0 Å². The van der Waals surface area contributed by atoms with Gasteiger partial charge in [0.05, 0.1) is 0 Å². The van der Waals surface area contributed by atoms with Crippen LogP contribution in [0.15, 0.2) is 65.9 Å². The molecule has 4 heteroatoms.